The third kappa shape index (κ3) is 3.88. The largest absolute Gasteiger partial charge is 0.357 e. The number of hydrogen-bond acceptors (Lipinski definition) is 4. The average molecular weight is 372 g/mol. The number of nitrogens with one attached hydrogen (secondary N) is 1. The van der Waals surface area contributed by atoms with E-state index in [-0.39, 0.29) is 14.9 Å². The van der Waals surface area contributed by atoms with Crippen LogP contribution < -0.4 is 9.62 Å². The molecule has 122 valence electrons. The van der Waals surface area contributed by atoms with E-state index in [1.807, 2.05) is 6.07 Å². The van der Waals surface area contributed by atoms with Crippen LogP contribution in [0.4, 0.5) is 11.5 Å². The molecule has 0 unspecified atom stereocenters. The second-order valence-electron chi connectivity index (χ2n) is 5.31. The van der Waals surface area contributed by atoms with Crippen molar-refractivity contribution >= 4 is 44.7 Å². The van der Waals surface area contributed by atoms with Crippen molar-refractivity contribution in [3.05, 3.63) is 46.6 Å². The van der Waals surface area contributed by atoms with Gasteiger partial charge in [0.1, 0.15) is 5.82 Å². The van der Waals surface area contributed by atoms with Crippen LogP contribution in [0.5, 0.6) is 0 Å². The predicted molar refractivity (Wildman–Crippen MR) is 93.0 cm³/mol. The summed E-state index contributed by atoms with van der Waals surface area (Å²) in [7, 11) is -3.76. The summed E-state index contributed by atoms with van der Waals surface area (Å²) in [4.78, 5) is 6.51. The fraction of sp³-hybridized carbons (Fsp3) is 0.267. The van der Waals surface area contributed by atoms with Crippen LogP contribution >= 0.6 is 23.2 Å². The molecule has 23 heavy (non-hydrogen) atoms. The molecule has 0 saturated carbocycles. The number of nitrogens with zero attached hydrogens (tertiary/aromatic N) is 2. The second kappa shape index (κ2) is 6.55. The summed E-state index contributed by atoms with van der Waals surface area (Å²) < 4.78 is 27.2. The first-order valence-electron chi connectivity index (χ1n) is 7.14. The molecule has 1 N–H and O–H groups in total. The summed E-state index contributed by atoms with van der Waals surface area (Å²) in [5.74, 6) is 0.858. The van der Waals surface area contributed by atoms with Crippen molar-refractivity contribution < 1.29 is 8.42 Å². The van der Waals surface area contributed by atoms with E-state index in [0.717, 1.165) is 31.7 Å². The maximum Gasteiger partial charge on any atom is 0.262 e. The number of pyridine rings is 1. The van der Waals surface area contributed by atoms with Gasteiger partial charge >= 0.3 is 0 Å². The van der Waals surface area contributed by atoms with Gasteiger partial charge in [-0.15, -0.1) is 0 Å². The van der Waals surface area contributed by atoms with Crippen LogP contribution in [-0.4, -0.2) is 26.5 Å². The minimum absolute atomic E-state index is 0.0126. The van der Waals surface area contributed by atoms with Crippen LogP contribution in [0.2, 0.25) is 10.0 Å². The standard InChI is InChI=1S/C15H15Cl2N3O2S/c16-11-7-12(17)9-14(8-11)23(21,22)19-13-3-4-15(18-10-13)20-5-1-2-6-20/h3-4,7-10,19H,1-2,5-6H2. The van der Waals surface area contributed by atoms with Gasteiger partial charge in [0.25, 0.3) is 10.0 Å². The first-order chi connectivity index (χ1) is 10.9. The molecule has 3 rings (SSSR count). The number of rotatable bonds is 4. The van der Waals surface area contributed by atoms with Crippen LogP contribution in [0.1, 0.15) is 12.8 Å². The molecule has 0 spiro atoms. The highest BCUT2D eigenvalue weighted by Gasteiger charge is 2.17. The lowest BCUT2D eigenvalue weighted by Gasteiger charge is -2.16. The highest BCUT2D eigenvalue weighted by atomic mass is 35.5. The molecule has 2 heterocycles. The summed E-state index contributed by atoms with van der Waals surface area (Å²) in [5.41, 5.74) is 0.393. The number of aromatic nitrogens is 1. The third-order valence-electron chi connectivity index (χ3n) is 3.58. The summed E-state index contributed by atoms with van der Waals surface area (Å²) >= 11 is 11.7. The molecule has 1 aromatic carbocycles. The molecule has 0 atom stereocenters. The second-order valence-corrected chi connectivity index (χ2v) is 7.87. The van der Waals surface area contributed by atoms with Crippen molar-refractivity contribution in [3.8, 4) is 0 Å². The van der Waals surface area contributed by atoms with E-state index in [1.54, 1.807) is 6.07 Å². The Hall–Kier alpha value is -1.50. The third-order valence-corrected chi connectivity index (χ3v) is 5.37. The van der Waals surface area contributed by atoms with E-state index in [4.69, 9.17) is 23.2 Å². The van der Waals surface area contributed by atoms with Crippen LogP contribution in [0.3, 0.4) is 0 Å². The Balaban J connectivity index is 1.80. The van der Waals surface area contributed by atoms with Gasteiger partial charge in [0.15, 0.2) is 0 Å². The molecule has 2 aromatic rings. The van der Waals surface area contributed by atoms with Crippen LogP contribution in [0.15, 0.2) is 41.4 Å². The Morgan fingerprint density at radius 3 is 2.26 bits per heavy atom. The van der Waals surface area contributed by atoms with Gasteiger partial charge in [-0.3, -0.25) is 4.72 Å². The summed E-state index contributed by atoms with van der Waals surface area (Å²) in [6.45, 7) is 1.97. The van der Waals surface area contributed by atoms with E-state index >= 15 is 0 Å². The zero-order chi connectivity index (χ0) is 16.4. The van der Waals surface area contributed by atoms with Gasteiger partial charge in [-0.1, -0.05) is 23.2 Å². The predicted octanol–water partition coefficient (Wildman–Crippen LogP) is 3.79. The summed E-state index contributed by atoms with van der Waals surface area (Å²) in [6.07, 6.45) is 3.83. The van der Waals surface area contributed by atoms with Crippen molar-refractivity contribution in [2.45, 2.75) is 17.7 Å². The van der Waals surface area contributed by atoms with Gasteiger partial charge in [0, 0.05) is 23.1 Å². The Bertz CT molecular complexity index is 784. The number of hydrogen-bond donors (Lipinski definition) is 1. The summed E-state index contributed by atoms with van der Waals surface area (Å²) in [6, 6.07) is 7.69. The van der Waals surface area contributed by atoms with Gasteiger partial charge in [-0.25, -0.2) is 13.4 Å². The van der Waals surface area contributed by atoms with E-state index in [1.165, 1.54) is 24.4 Å². The lowest BCUT2D eigenvalue weighted by Crippen LogP contribution is -2.19. The lowest BCUT2D eigenvalue weighted by molar-refractivity contribution is 0.601. The Morgan fingerprint density at radius 2 is 1.70 bits per heavy atom. The Morgan fingerprint density at radius 1 is 1.04 bits per heavy atom. The smallest absolute Gasteiger partial charge is 0.262 e. The molecular formula is C15H15Cl2N3O2S. The zero-order valence-electron chi connectivity index (χ0n) is 12.2. The monoisotopic (exact) mass is 371 g/mol. The topological polar surface area (TPSA) is 62.3 Å². The van der Waals surface area contributed by atoms with Crippen molar-refractivity contribution in [3.63, 3.8) is 0 Å². The van der Waals surface area contributed by atoms with E-state index < -0.39 is 10.0 Å². The maximum absolute atomic E-state index is 12.4. The molecule has 1 aromatic heterocycles. The first kappa shape index (κ1) is 16.4. The van der Waals surface area contributed by atoms with E-state index in [9.17, 15) is 8.42 Å². The van der Waals surface area contributed by atoms with Crippen molar-refractivity contribution in [2.75, 3.05) is 22.7 Å². The molecule has 1 fully saturated rings. The molecule has 5 nitrogen and oxygen atoms in total. The van der Waals surface area contributed by atoms with Gasteiger partial charge in [0.05, 0.1) is 16.8 Å². The fourth-order valence-electron chi connectivity index (χ4n) is 2.48. The number of halogens is 2. The van der Waals surface area contributed by atoms with Crippen LogP contribution in [-0.2, 0) is 10.0 Å². The van der Waals surface area contributed by atoms with E-state index in [0.29, 0.717) is 5.69 Å². The summed E-state index contributed by atoms with van der Waals surface area (Å²) in [5, 5.41) is 0.528. The molecule has 0 amide bonds. The molecule has 0 bridgehead atoms. The average Bonchev–Trinajstić information content (AvgIpc) is 3.01. The Labute approximate surface area is 145 Å². The lowest BCUT2D eigenvalue weighted by atomic mass is 10.4. The number of anilines is 2. The van der Waals surface area contributed by atoms with Gasteiger partial charge in [-0.05, 0) is 43.2 Å². The molecule has 0 radical (unpaired) electrons. The number of sulfonamides is 1. The molecule has 8 heteroatoms. The number of benzene rings is 1. The van der Waals surface area contributed by atoms with Crippen molar-refractivity contribution in [1.82, 2.24) is 4.98 Å². The Kier molecular flexibility index (Phi) is 4.66. The highest BCUT2D eigenvalue weighted by molar-refractivity contribution is 7.92. The van der Waals surface area contributed by atoms with Gasteiger partial charge < -0.3 is 4.90 Å². The molecule has 1 saturated heterocycles. The van der Waals surface area contributed by atoms with Crippen LogP contribution in [0.25, 0.3) is 0 Å². The zero-order valence-corrected chi connectivity index (χ0v) is 14.5. The molecule has 0 aliphatic carbocycles. The van der Waals surface area contributed by atoms with Crippen molar-refractivity contribution in [1.29, 1.82) is 0 Å². The normalized spacial score (nSPS) is 15.0. The first-order valence-corrected chi connectivity index (χ1v) is 9.38. The van der Waals surface area contributed by atoms with Crippen molar-refractivity contribution in [2.24, 2.45) is 0 Å². The maximum atomic E-state index is 12.4. The molecule has 1 aliphatic rings. The van der Waals surface area contributed by atoms with Crippen LogP contribution in [0, 0.1) is 0 Å². The fourth-order valence-corrected chi connectivity index (χ4v) is 4.25. The van der Waals surface area contributed by atoms with Gasteiger partial charge in [0.2, 0.25) is 0 Å². The minimum atomic E-state index is -3.76. The highest BCUT2D eigenvalue weighted by Crippen LogP contribution is 2.25. The SMILES string of the molecule is O=S(=O)(Nc1ccc(N2CCCC2)nc1)c1cc(Cl)cc(Cl)c1. The van der Waals surface area contributed by atoms with E-state index in [2.05, 4.69) is 14.6 Å². The minimum Gasteiger partial charge on any atom is -0.357 e. The quantitative estimate of drug-likeness (QED) is 0.887. The molecule has 1 aliphatic heterocycles. The van der Waals surface area contributed by atoms with Gasteiger partial charge in [-0.2, -0.15) is 0 Å². The molecular weight excluding hydrogens is 357 g/mol.